The van der Waals surface area contributed by atoms with Crippen molar-refractivity contribution in [2.45, 2.75) is 25.9 Å². The Morgan fingerprint density at radius 2 is 2.12 bits per heavy atom. The van der Waals surface area contributed by atoms with Crippen LogP contribution >= 0.6 is 0 Å². The predicted molar refractivity (Wildman–Crippen MR) is 63.1 cm³/mol. The van der Waals surface area contributed by atoms with Gasteiger partial charge in [-0.3, -0.25) is 4.79 Å². The molecule has 3 rings (SSSR count). The van der Waals surface area contributed by atoms with Gasteiger partial charge in [0.15, 0.2) is 0 Å². The summed E-state index contributed by atoms with van der Waals surface area (Å²) in [5.74, 6) is 0.218. The second-order valence-corrected chi connectivity index (χ2v) is 4.33. The highest BCUT2D eigenvalue weighted by Crippen LogP contribution is 2.14. The van der Waals surface area contributed by atoms with E-state index in [1.54, 1.807) is 4.68 Å². The van der Waals surface area contributed by atoms with Gasteiger partial charge in [-0.2, -0.15) is 0 Å². The number of piperidine rings is 1. The summed E-state index contributed by atoms with van der Waals surface area (Å²) >= 11 is 0. The smallest absolute Gasteiger partial charge is 0.224 e. The Kier molecular flexibility index (Phi) is 2.51. The number of likely N-dealkylation sites (tertiary alicyclic amines) is 1. The monoisotopic (exact) mass is 230 g/mol. The van der Waals surface area contributed by atoms with Gasteiger partial charge in [0.2, 0.25) is 5.91 Å². The number of carbonyl (C=O) groups excluding carboxylic acids is 1. The van der Waals surface area contributed by atoms with Crippen molar-refractivity contribution in [1.29, 1.82) is 0 Å². The first-order valence-corrected chi connectivity index (χ1v) is 5.90. The molecule has 0 aliphatic carbocycles. The van der Waals surface area contributed by atoms with E-state index < -0.39 is 0 Å². The van der Waals surface area contributed by atoms with E-state index in [9.17, 15) is 4.79 Å². The molecule has 1 aromatic carbocycles. The van der Waals surface area contributed by atoms with E-state index in [0.29, 0.717) is 13.1 Å². The second-order valence-electron chi connectivity index (χ2n) is 4.33. The van der Waals surface area contributed by atoms with Crippen LogP contribution in [0.15, 0.2) is 24.3 Å². The molecule has 2 heterocycles. The van der Waals surface area contributed by atoms with Gasteiger partial charge in [0, 0.05) is 13.0 Å². The maximum Gasteiger partial charge on any atom is 0.224 e. The normalized spacial score (nSPS) is 16.7. The topological polar surface area (TPSA) is 51.0 Å². The van der Waals surface area contributed by atoms with Crippen molar-refractivity contribution in [3.05, 3.63) is 24.3 Å². The lowest BCUT2D eigenvalue weighted by molar-refractivity contribution is -0.135. The van der Waals surface area contributed by atoms with E-state index in [-0.39, 0.29) is 5.91 Å². The SMILES string of the molecule is O=C1CCCCN1Cn1nnc2ccccc21. The molecular formula is C12H14N4O. The van der Waals surface area contributed by atoms with Crippen LogP contribution in [0.2, 0.25) is 0 Å². The Bertz CT molecular complexity index is 548. The van der Waals surface area contributed by atoms with Crippen molar-refractivity contribution in [1.82, 2.24) is 19.9 Å². The zero-order chi connectivity index (χ0) is 11.7. The summed E-state index contributed by atoms with van der Waals surface area (Å²) < 4.78 is 1.79. The summed E-state index contributed by atoms with van der Waals surface area (Å²) in [6, 6.07) is 7.80. The highest BCUT2D eigenvalue weighted by atomic mass is 16.2. The van der Waals surface area contributed by atoms with E-state index in [4.69, 9.17) is 0 Å². The van der Waals surface area contributed by atoms with E-state index in [2.05, 4.69) is 10.3 Å². The van der Waals surface area contributed by atoms with Crippen LogP contribution in [0.3, 0.4) is 0 Å². The molecule has 0 atom stereocenters. The van der Waals surface area contributed by atoms with E-state index in [1.165, 1.54) is 0 Å². The van der Waals surface area contributed by atoms with Crippen LogP contribution in [-0.4, -0.2) is 32.3 Å². The molecule has 88 valence electrons. The van der Waals surface area contributed by atoms with Gasteiger partial charge in [0.1, 0.15) is 12.2 Å². The third kappa shape index (κ3) is 1.88. The lowest BCUT2D eigenvalue weighted by Gasteiger charge is -2.26. The predicted octanol–water partition coefficient (Wildman–Crippen LogP) is 1.40. The first-order valence-electron chi connectivity index (χ1n) is 5.90. The Morgan fingerprint density at radius 1 is 1.24 bits per heavy atom. The van der Waals surface area contributed by atoms with Crippen LogP contribution in [0.1, 0.15) is 19.3 Å². The quantitative estimate of drug-likeness (QED) is 0.783. The van der Waals surface area contributed by atoms with Gasteiger partial charge in [-0.25, -0.2) is 4.68 Å². The Hall–Kier alpha value is -1.91. The molecule has 0 bridgehead atoms. The maximum absolute atomic E-state index is 11.7. The average Bonchev–Trinajstić information content (AvgIpc) is 2.76. The highest BCUT2D eigenvalue weighted by molar-refractivity contribution is 5.77. The number of aromatic nitrogens is 3. The number of amides is 1. The van der Waals surface area contributed by atoms with Gasteiger partial charge in [-0.1, -0.05) is 17.3 Å². The van der Waals surface area contributed by atoms with Crippen LogP contribution in [-0.2, 0) is 11.5 Å². The third-order valence-corrected chi connectivity index (χ3v) is 3.15. The highest BCUT2D eigenvalue weighted by Gasteiger charge is 2.19. The van der Waals surface area contributed by atoms with Gasteiger partial charge in [-0.05, 0) is 25.0 Å². The summed E-state index contributed by atoms with van der Waals surface area (Å²) in [5.41, 5.74) is 1.85. The fourth-order valence-corrected chi connectivity index (χ4v) is 2.19. The fourth-order valence-electron chi connectivity index (χ4n) is 2.19. The number of hydrogen-bond donors (Lipinski definition) is 0. The van der Waals surface area contributed by atoms with Gasteiger partial charge in [0.25, 0.3) is 0 Å². The van der Waals surface area contributed by atoms with Crippen molar-refractivity contribution in [3.63, 3.8) is 0 Å². The first-order chi connectivity index (χ1) is 8.34. The van der Waals surface area contributed by atoms with Crippen molar-refractivity contribution in [2.24, 2.45) is 0 Å². The molecule has 1 aliphatic heterocycles. The number of para-hydroxylation sites is 1. The Morgan fingerprint density at radius 3 is 3.00 bits per heavy atom. The molecule has 0 saturated carbocycles. The summed E-state index contributed by atoms with van der Waals surface area (Å²) in [6.45, 7) is 1.34. The second kappa shape index (κ2) is 4.16. The van der Waals surface area contributed by atoms with Crippen LogP contribution in [0, 0.1) is 0 Å². The lowest BCUT2D eigenvalue weighted by atomic mass is 10.1. The zero-order valence-electron chi connectivity index (χ0n) is 9.54. The van der Waals surface area contributed by atoms with Gasteiger partial charge in [-0.15, -0.1) is 5.10 Å². The molecule has 17 heavy (non-hydrogen) atoms. The molecule has 1 aliphatic rings. The lowest BCUT2D eigenvalue weighted by Crippen LogP contribution is -2.36. The summed E-state index contributed by atoms with van der Waals surface area (Å²) in [6.07, 6.45) is 2.75. The van der Waals surface area contributed by atoms with Gasteiger partial charge < -0.3 is 4.90 Å². The Labute approximate surface area is 99.0 Å². The molecule has 1 aromatic heterocycles. The molecule has 1 fully saturated rings. The van der Waals surface area contributed by atoms with Crippen LogP contribution < -0.4 is 0 Å². The molecule has 0 unspecified atom stereocenters. The van der Waals surface area contributed by atoms with Crippen LogP contribution in [0.4, 0.5) is 0 Å². The molecule has 5 nitrogen and oxygen atoms in total. The maximum atomic E-state index is 11.7. The number of benzene rings is 1. The van der Waals surface area contributed by atoms with Crippen molar-refractivity contribution < 1.29 is 4.79 Å². The summed E-state index contributed by atoms with van der Waals surface area (Å²) in [7, 11) is 0. The van der Waals surface area contributed by atoms with Crippen molar-refractivity contribution in [2.75, 3.05) is 6.54 Å². The molecule has 5 heteroatoms. The Balaban J connectivity index is 1.87. The minimum atomic E-state index is 0.218. The number of fused-ring (bicyclic) bond motifs is 1. The number of nitrogens with zero attached hydrogens (tertiary/aromatic N) is 4. The minimum absolute atomic E-state index is 0.218. The van der Waals surface area contributed by atoms with E-state index in [1.807, 2.05) is 29.2 Å². The molecule has 0 N–H and O–H groups in total. The standard InChI is InChI=1S/C12H14N4O/c17-12-7-3-4-8-15(12)9-16-11-6-2-1-5-10(11)13-14-16/h1-2,5-6H,3-4,7-9H2. The van der Waals surface area contributed by atoms with Gasteiger partial charge >= 0.3 is 0 Å². The summed E-state index contributed by atoms with van der Waals surface area (Å²) in [4.78, 5) is 13.6. The molecule has 0 radical (unpaired) electrons. The summed E-state index contributed by atoms with van der Waals surface area (Å²) in [5, 5.41) is 8.18. The van der Waals surface area contributed by atoms with Crippen LogP contribution in [0.5, 0.6) is 0 Å². The first kappa shape index (κ1) is 10.3. The minimum Gasteiger partial charge on any atom is -0.323 e. The number of rotatable bonds is 2. The number of carbonyl (C=O) groups is 1. The molecule has 1 amide bonds. The van der Waals surface area contributed by atoms with Crippen molar-refractivity contribution >= 4 is 16.9 Å². The van der Waals surface area contributed by atoms with E-state index >= 15 is 0 Å². The van der Waals surface area contributed by atoms with Gasteiger partial charge in [0.05, 0.1) is 5.52 Å². The zero-order valence-corrected chi connectivity index (χ0v) is 9.54. The van der Waals surface area contributed by atoms with Crippen molar-refractivity contribution in [3.8, 4) is 0 Å². The molecular weight excluding hydrogens is 216 g/mol. The van der Waals surface area contributed by atoms with Crippen LogP contribution in [0.25, 0.3) is 11.0 Å². The number of hydrogen-bond acceptors (Lipinski definition) is 3. The molecule has 2 aromatic rings. The molecule has 1 saturated heterocycles. The molecule has 0 spiro atoms. The van der Waals surface area contributed by atoms with E-state index in [0.717, 1.165) is 30.4 Å². The fraction of sp³-hybridized carbons (Fsp3) is 0.417. The third-order valence-electron chi connectivity index (χ3n) is 3.15. The largest absolute Gasteiger partial charge is 0.323 e. The average molecular weight is 230 g/mol.